The van der Waals surface area contributed by atoms with Crippen molar-refractivity contribution in [2.45, 2.75) is 95.8 Å². The van der Waals surface area contributed by atoms with E-state index in [-0.39, 0.29) is 5.92 Å². The molecule has 0 amide bonds. The van der Waals surface area contributed by atoms with Crippen LogP contribution in [-0.4, -0.2) is 17.3 Å². The minimum atomic E-state index is 0.0109. The molecule has 37 heavy (non-hydrogen) atoms. The van der Waals surface area contributed by atoms with Crippen LogP contribution in [0.5, 0.6) is 17.2 Å². The zero-order valence-electron chi connectivity index (χ0n) is 22.7. The number of rotatable bonds is 6. The molecule has 0 atom stereocenters. The van der Waals surface area contributed by atoms with E-state index in [0.717, 1.165) is 53.7 Å². The topological polar surface area (TPSA) is 49.7 Å². The van der Waals surface area contributed by atoms with Crippen LogP contribution in [0.2, 0.25) is 0 Å². The molecule has 0 aliphatic heterocycles. The molecule has 2 saturated carbocycles. The zero-order valence-corrected chi connectivity index (χ0v) is 22.7. The molecule has 0 aromatic heterocycles. The van der Waals surface area contributed by atoms with Gasteiger partial charge in [0.15, 0.2) is 0 Å². The third-order valence-corrected chi connectivity index (χ3v) is 8.99. The summed E-state index contributed by atoms with van der Waals surface area (Å²) in [6, 6.07) is 17.0. The number of benzene rings is 3. The van der Waals surface area contributed by atoms with Gasteiger partial charge in [-0.2, -0.15) is 0 Å². The van der Waals surface area contributed by atoms with E-state index in [1.807, 2.05) is 24.3 Å². The van der Waals surface area contributed by atoms with Gasteiger partial charge < -0.3 is 14.9 Å². The largest absolute Gasteiger partial charge is 0.508 e. The Morgan fingerprint density at radius 1 is 0.649 bits per heavy atom. The number of aryl methyl sites for hydroxylation is 2. The molecule has 5 rings (SSSR count). The molecule has 0 heterocycles. The predicted molar refractivity (Wildman–Crippen MR) is 151 cm³/mol. The van der Waals surface area contributed by atoms with Gasteiger partial charge in [0.05, 0.1) is 7.11 Å². The quantitative estimate of drug-likeness (QED) is 0.333. The highest BCUT2D eigenvalue weighted by molar-refractivity contribution is 5.56. The minimum absolute atomic E-state index is 0.0109. The van der Waals surface area contributed by atoms with Crippen LogP contribution < -0.4 is 4.74 Å². The molecule has 196 valence electrons. The molecule has 3 nitrogen and oxygen atoms in total. The number of aromatic hydroxyl groups is 2. The summed E-state index contributed by atoms with van der Waals surface area (Å²) in [6.07, 6.45) is 12.1. The van der Waals surface area contributed by atoms with Gasteiger partial charge in [-0.25, -0.2) is 0 Å². The van der Waals surface area contributed by atoms with E-state index in [4.69, 9.17) is 4.74 Å². The molecule has 2 N–H and O–H groups in total. The van der Waals surface area contributed by atoms with Crippen molar-refractivity contribution in [3.8, 4) is 17.2 Å². The lowest BCUT2D eigenvalue weighted by Gasteiger charge is -2.29. The van der Waals surface area contributed by atoms with E-state index in [9.17, 15) is 10.2 Å². The van der Waals surface area contributed by atoms with E-state index in [1.54, 1.807) is 7.11 Å². The number of phenolic OH excluding ortho intramolecular Hbond substituents is 2. The molecule has 3 aromatic rings. The van der Waals surface area contributed by atoms with Crippen LogP contribution in [0.25, 0.3) is 0 Å². The lowest BCUT2D eigenvalue weighted by molar-refractivity contribution is 0.413. The first-order valence-corrected chi connectivity index (χ1v) is 14.3. The first-order chi connectivity index (χ1) is 18.0. The van der Waals surface area contributed by atoms with Crippen LogP contribution in [0.4, 0.5) is 0 Å². The summed E-state index contributed by atoms with van der Waals surface area (Å²) in [6.45, 7) is 4.24. The van der Waals surface area contributed by atoms with Gasteiger partial charge in [0.25, 0.3) is 0 Å². The van der Waals surface area contributed by atoms with Gasteiger partial charge in [0, 0.05) is 5.92 Å². The summed E-state index contributed by atoms with van der Waals surface area (Å²) in [5.41, 5.74) is 8.09. The number of methoxy groups -OCH3 is 1. The Kier molecular flexibility index (Phi) is 7.79. The Morgan fingerprint density at radius 3 is 1.49 bits per heavy atom. The molecule has 0 bridgehead atoms. The van der Waals surface area contributed by atoms with E-state index in [2.05, 4.69) is 38.1 Å². The molecular formula is C34H42O3. The zero-order chi connectivity index (χ0) is 25.9. The van der Waals surface area contributed by atoms with Crippen molar-refractivity contribution in [3.63, 3.8) is 0 Å². The highest BCUT2D eigenvalue weighted by atomic mass is 16.5. The van der Waals surface area contributed by atoms with Crippen LogP contribution in [-0.2, 0) is 0 Å². The Balaban J connectivity index is 1.67. The summed E-state index contributed by atoms with van der Waals surface area (Å²) in [5.74, 6) is 2.57. The summed E-state index contributed by atoms with van der Waals surface area (Å²) < 4.78 is 5.47. The number of hydrogen-bond acceptors (Lipinski definition) is 3. The molecule has 0 spiro atoms. The van der Waals surface area contributed by atoms with E-state index in [0.29, 0.717) is 23.3 Å². The summed E-state index contributed by atoms with van der Waals surface area (Å²) in [7, 11) is 1.70. The van der Waals surface area contributed by atoms with Crippen LogP contribution in [0.1, 0.15) is 121 Å². The van der Waals surface area contributed by atoms with Crippen LogP contribution in [0.15, 0.2) is 48.5 Å². The number of phenols is 2. The fourth-order valence-electron chi connectivity index (χ4n) is 6.88. The SMILES string of the molecule is COc1ccc(C(c2cc(C3CCCCC3)c(O)cc2C)c2cc(C3CCCCC3)c(O)cc2C)cc1. The summed E-state index contributed by atoms with van der Waals surface area (Å²) in [4.78, 5) is 0. The average molecular weight is 499 g/mol. The fraction of sp³-hybridized carbons (Fsp3) is 0.471. The van der Waals surface area contributed by atoms with Crippen LogP contribution in [0.3, 0.4) is 0 Å². The highest BCUT2D eigenvalue weighted by Crippen LogP contribution is 2.45. The van der Waals surface area contributed by atoms with Crippen LogP contribution >= 0.6 is 0 Å². The van der Waals surface area contributed by atoms with Gasteiger partial charge in [0.2, 0.25) is 0 Å². The van der Waals surface area contributed by atoms with Gasteiger partial charge in [0.1, 0.15) is 17.2 Å². The van der Waals surface area contributed by atoms with Crippen molar-refractivity contribution in [2.75, 3.05) is 7.11 Å². The van der Waals surface area contributed by atoms with E-state index >= 15 is 0 Å². The first-order valence-electron chi connectivity index (χ1n) is 14.3. The molecular weight excluding hydrogens is 456 g/mol. The highest BCUT2D eigenvalue weighted by Gasteiger charge is 2.28. The smallest absolute Gasteiger partial charge is 0.119 e. The molecule has 2 fully saturated rings. The van der Waals surface area contributed by atoms with Gasteiger partial charge in [-0.05, 0) is 115 Å². The van der Waals surface area contributed by atoms with Gasteiger partial charge in [-0.15, -0.1) is 0 Å². The maximum absolute atomic E-state index is 11.0. The standard InChI is InChI=1S/C34H42O3/c1-22-18-32(35)30(24-10-6-4-7-11-24)20-28(22)34(26-14-16-27(37-3)17-15-26)29-21-31(33(36)19-23(29)2)25-12-8-5-9-13-25/h14-21,24-25,34-36H,4-13H2,1-3H3. The fourth-order valence-corrected chi connectivity index (χ4v) is 6.88. The maximum atomic E-state index is 11.0. The van der Waals surface area contributed by atoms with Crippen molar-refractivity contribution in [1.82, 2.24) is 0 Å². The molecule has 2 aliphatic carbocycles. The molecule has 0 saturated heterocycles. The summed E-state index contributed by atoms with van der Waals surface area (Å²) >= 11 is 0. The normalized spacial score (nSPS) is 17.3. The second-order valence-corrected chi connectivity index (χ2v) is 11.4. The Morgan fingerprint density at radius 2 is 1.08 bits per heavy atom. The number of ether oxygens (including phenoxy) is 1. The lowest BCUT2D eigenvalue weighted by Crippen LogP contribution is -2.12. The van der Waals surface area contributed by atoms with Crippen molar-refractivity contribution in [1.29, 1.82) is 0 Å². The molecule has 2 aliphatic rings. The third kappa shape index (κ3) is 5.37. The van der Waals surface area contributed by atoms with Gasteiger partial charge in [-0.3, -0.25) is 0 Å². The van der Waals surface area contributed by atoms with Crippen molar-refractivity contribution in [2.24, 2.45) is 0 Å². The van der Waals surface area contributed by atoms with E-state index < -0.39 is 0 Å². The molecule has 0 unspecified atom stereocenters. The van der Waals surface area contributed by atoms with Gasteiger partial charge >= 0.3 is 0 Å². The Bertz CT molecular complexity index is 1140. The maximum Gasteiger partial charge on any atom is 0.119 e. The predicted octanol–water partition coefficient (Wildman–Crippen LogP) is 9.00. The summed E-state index contributed by atoms with van der Waals surface area (Å²) in [5, 5.41) is 22.0. The second-order valence-electron chi connectivity index (χ2n) is 11.4. The van der Waals surface area contributed by atoms with E-state index in [1.165, 1.54) is 55.2 Å². The molecule has 3 aromatic carbocycles. The van der Waals surface area contributed by atoms with Crippen molar-refractivity contribution < 1.29 is 14.9 Å². The monoisotopic (exact) mass is 498 g/mol. The number of hydrogen-bond donors (Lipinski definition) is 2. The molecule has 3 heteroatoms. The van der Waals surface area contributed by atoms with Gasteiger partial charge in [-0.1, -0.05) is 62.8 Å². The Labute approximate surface area is 222 Å². The van der Waals surface area contributed by atoms with Crippen molar-refractivity contribution in [3.05, 3.63) is 87.5 Å². The minimum Gasteiger partial charge on any atom is -0.508 e. The average Bonchev–Trinajstić information content (AvgIpc) is 2.92. The second kappa shape index (κ2) is 11.2. The first kappa shape index (κ1) is 25.7. The van der Waals surface area contributed by atoms with Crippen LogP contribution in [0, 0.1) is 13.8 Å². The van der Waals surface area contributed by atoms with Crippen molar-refractivity contribution >= 4 is 0 Å². The Hall–Kier alpha value is -2.94. The third-order valence-electron chi connectivity index (χ3n) is 8.99. The lowest BCUT2D eigenvalue weighted by atomic mass is 9.76. The molecule has 0 radical (unpaired) electrons.